The van der Waals surface area contributed by atoms with Crippen LogP contribution in [0.15, 0.2) is 23.1 Å². The van der Waals surface area contributed by atoms with Crippen molar-refractivity contribution in [1.29, 1.82) is 0 Å². The smallest absolute Gasteiger partial charge is 0.326 e. The minimum absolute atomic E-state index is 0.314. The quantitative estimate of drug-likeness (QED) is 0.669. The minimum atomic E-state index is -1.05. The molecule has 0 aliphatic carbocycles. The summed E-state index contributed by atoms with van der Waals surface area (Å²) in [7, 11) is 0. The fraction of sp³-hybridized carbons (Fsp3) is 0.417. The molecular formula is C12H15Cl2NO2S. The summed E-state index contributed by atoms with van der Waals surface area (Å²) in [6, 6.07) is 5.17. The zero-order chi connectivity index (χ0) is 13.8. The van der Waals surface area contributed by atoms with Crippen molar-refractivity contribution in [3.63, 3.8) is 0 Å². The second-order valence-electron chi connectivity index (χ2n) is 4.00. The largest absolute Gasteiger partial charge is 0.465 e. The molecule has 100 valence electrons. The molecule has 0 bridgehead atoms. The van der Waals surface area contributed by atoms with Crippen LogP contribution in [0.4, 0.5) is 0 Å². The third-order valence-corrected chi connectivity index (χ3v) is 4.23. The van der Waals surface area contributed by atoms with Gasteiger partial charge in [0.05, 0.1) is 11.6 Å². The molecule has 0 radical (unpaired) electrons. The number of ether oxygens (including phenoxy) is 1. The number of esters is 1. The van der Waals surface area contributed by atoms with Gasteiger partial charge in [0.2, 0.25) is 0 Å². The zero-order valence-corrected chi connectivity index (χ0v) is 12.5. The molecule has 1 aromatic carbocycles. The summed E-state index contributed by atoms with van der Waals surface area (Å²) in [5.74, 6) is -0.0537. The maximum absolute atomic E-state index is 11.6. The van der Waals surface area contributed by atoms with Crippen LogP contribution in [0.1, 0.15) is 13.8 Å². The Labute approximate surface area is 121 Å². The van der Waals surface area contributed by atoms with Crippen LogP contribution in [-0.4, -0.2) is 23.9 Å². The fourth-order valence-corrected chi connectivity index (χ4v) is 2.68. The van der Waals surface area contributed by atoms with Crippen LogP contribution >= 0.6 is 35.0 Å². The molecule has 0 aliphatic rings. The summed E-state index contributed by atoms with van der Waals surface area (Å²) >= 11 is 13.3. The SMILES string of the molecule is CCOC(=O)C(C)(N)CSc1cc(Cl)ccc1Cl. The van der Waals surface area contributed by atoms with E-state index in [9.17, 15) is 4.79 Å². The van der Waals surface area contributed by atoms with Gasteiger partial charge in [0.1, 0.15) is 5.54 Å². The van der Waals surface area contributed by atoms with Crippen molar-refractivity contribution in [2.75, 3.05) is 12.4 Å². The first-order valence-corrected chi connectivity index (χ1v) is 7.15. The van der Waals surface area contributed by atoms with Gasteiger partial charge in [-0.3, -0.25) is 4.79 Å². The predicted octanol–water partition coefficient (Wildman–Crippen LogP) is 3.37. The Morgan fingerprint density at radius 2 is 2.17 bits per heavy atom. The van der Waals surface area contributed by atoms with E-state index in [0.29, 0.717) is 22.4 Å². The van der Waals surface area contributed by atoms with Gasteiger partial charge < -0.3 is 10.5 Å². The van der Waals surface area contributed by atoms with Gasteiger partial charge in [-0.05, 0) is 32.0 Å². The molecule has 0 heterocycles. The first-order chi connectivity index (χ1) is 8.36. The Hall–Kier alpha value is -0.420. The van der Waals surface area contributed by atoms with Crippen LogP contribution < -0.4 is 5.73 Å². The van der Waals surface area contributed by atoms with Crippen LogP contribution in [0.5, 0.6) is 0 Å². The van der Waals surface area contributed by atoms with E-state index in [1.54, 1.807) is 32.0 Å². The Morgan fingerprint density at radius 1 is 1.50 bits per heavy atom. The first-order valence-electron chi connectivity index (χ1n) is 5.41. The lowest BCUT2D eigenvalue weighted by Gasteiger charge is -2.21. The molecule has 1 rings (SSSR count). The number of nitrogens with two attached hydrogens (primary N) is 1. The Balaban J connectivity index is 2.69. The molecule has 1 aromatic rings. The molecule has 1 atom stereocenters. The number of rotatable bonds is 5. The molecule has 0 spiro atoms. The molecular weight excluding hydrogens is 293 g/mol. The third-order valence-electron chi connectivity index (χ3n) is 2.16. The maximum Gasteiger partial charge on any atom is 0.326 e. The van der Waals surface area contributed by atoms with Crippen LogP contribution in [0.25, 0.3) is 0 Å². The molecule has 6 heteroatoms. The predicted molar refractivity (Wildman–Crippen MR) is 76.4 cm³/mol. The molecule has 0 aliphatic heterocycles. The van der Waals surface area contributed by atoms with E-state index in [-0.39, 0.29) is 0 Å². The number of halogens is 2. The molecule has 0 fully saturated rings. The van der Waals surface area contributed by atoms with Crippen molar-refractivity contribution >= 4 is 40.9 Å². The Bertz CT molecular complexity index is 438. The van der Waals surface area contributed by atoms with Crippen molar-refractivity contribution in [1.82, 2.24) is 0 Å². The number of hydrogen-bond acceptors (Lipinski definition) is 4. The Kier molecular flexibility index (Phi) is 5.79. The van der Waals surface area contributed by atoms with Crippen LogP contribution in [-0.2, 0) is 9.53 Å². The molecule has 0 amide bonds. The number of hydrogen-bond donors (Lipinski definition) is 1. The highest BCUT2D eigenvalue weighted by molar-refractivity contribution is 7.99. The van der Waals surface area contributed by atoms with E-state index >= 15 is 0 Å². The van der Waals surface area contributed by atoms with E-state index in [1.165, 1.54) is 11.8 Å². The number of carbonyl (C=O) groups is 1. The lowest BCUT2D eigenvalue weighted by Crippen LogP contribution is -2.48. The summed E-state index contributed by atoms with van der Waals surface area (Å²) in [6.45, 7) is 3.69. The molecule has 18 heavy (non-hydrogen) atoms. The van der Waals surface area contributed by atoms with Crippen molar-refractivity contribution in [3.05, 3.63) is 28.2 Å². The van der Waals surface area contributed by atoms with Crippen molar-refractivity contribution in [2.45, 2.75) is 24.3 Å². The van der Waals surface area contributed by atoms with E-state index in [0.717, 1.165) is 4.90 Å². The lowest BCUT2D eigenvalue weighted by molar-refractivity contribution is -0.148. The van der Waals surface area contributed by atoms with Crippen LogP contribution in [0, 0.1) is 0 Å². The van der Waals surface area contributed by atoms with Crippen LogP contribution in [0.3, 0.4) is 0 Å². The average Bonchev–Trinajstić information content (AvgIpc) is 2.31. The third kappa shape index (κ3) is 4.35. The van der Waals surface area contributed by atoms with Gasteiger partial charge in [-0.2, -0.15) is 0 Å². The molecule has 2 N–H and O–H groups in total. The van der Waals surface area contributed by atoms with Gasteiger partial charge in [0, 0.05) is 15.7 Å². The topological polar surface area (TPSA) is 52.3 Å². The maximum atomic E-state index is 11.6. The summed E-state index contributed by atoms with van der Waals surface area (Å²) < 4.78 is 4.91. The number of benzene rings is 1. The minimum Gasteiger partial charge on any atom is -0.465 e. The monoisotopic (exact) mass is 307 g/mol. The van der Waals surface area contributed by atoms with E-state index in [1.807, 2.05) is 0 Å². The van der Waals surface area contributed by atoms with Gasteiger partial charge in [-0.25, -0.2) is 0 Å². The standard InChI is InChI=1S/C12H15Cl2NO2S/c1-3-17-11(16)12(2,15)7-18-10-6-8(13)4-5-9(10)14/h4-6H,3,7,15H2,1-2H3. The second kappa shape index (κ2) is 6.66. The molecule has 3 nitrogen and oxygen atoms in total. The zero-order valence-electron chi connectivity index (χ0n) is 10.2. The summed E-state index contributed by atoms with van der Waals surface area (Å²) in [4.78, 5) is 12.4. The number of thioether (sulfide) groups is 1. The van der Waals surface area contributed by atoms with Crippen molar-refractivity contribution < 1.29 is 9.53 Å². The highest BCUT2D eigenvalue weighted by Crippen LogP contribution is 2.31. The molecule has 0 saturated heterocycles. The fourth-order valence-electron chi connectivity index (χ4n) is 1.17. The van der Waals surface area contributed by atoms with E-state index in [4.69, 9.17) is 33.7 Å². The highest BCUT2D eigenvalue weighted by Gasteiger charge is 2.30. The van der Waals surface area contributed by atoms with Crippen LogP contribution in [0.2, 0.25) is 10.0 Å². The normalized spacial score (nSPS) is 14.1. The molecule has 1 unspecified atom stereocenters. The van der Waals surface area contributed by atoms with Crippen molar-refractivity contribution in [2.24, 2.45) is 5.73 Å². The average molecular weight is 308 g/mol. The first kappa shape index (κ1) is 15.6. The summed E-state index contributed by atoms with van der Waals surface area (Å²) in [5, 5.41) is 1.18. The van der Waals surface area contributed by atoms with E-state index in [2.05, 4.69) is 0 Å². The van der Waals surface area contributed by atoms with Crippen molar-refractivity contribution in [3.8, 4) is 0 Å². The number of carbonyl (C=O) groups excluding carboxylic acids is 1. The second-order valence-corrected chi connectivity index (χ2v) is 5.86. The van der Waals surface area contributed by atoms with Gasteiger partial charge in [-0.1, -0.05) is 23.2 Å². The lowest BCUT2D eigenvalue weighted by atomic mass is 10.1. The van der Waals surface area contributed by atoms with Gasteiger partial charge in [0.15, 0.2) is 0 Å². The molecule has 0 saturated carbocycles. The van der Waals surface area contributed by atoms with Gasteiger partial charge in [-0.15, -0.1) is 11.8 Å². The highest BCUT2D eigenvalue weighted by atomic mass is 35.5. The summed E-state index contributed by atoms with van der Waals surface area (Å²) in [5.41, 5.74) is 4.86. The Morgan fingerprint density at radius 3 is 2.78 bits per heavy atom. The summed E-state index contributed by atoms with van der Waals surface area (Å²) in [6.07, 6.45) is 0. The van der Waals surface area contributed by atoms with Gasteiger partial charge in [0.25, 0.3) is 0 Å². The van der Waals surface area contributed by atoms with E-state index < -0.39 is 11.5 Å². The molecule has 0 aromatic heterocycles. The van der Waals surface area contributed by atoms with Gasteiger partial charge >= 0.3 is 5.97 Å².